The first kappa shape index (κ1) is 24.0. The smallest absolute Gasteiger partial charge is 0.226 e. The van der Waals surface area contributed by atoms with Crippen LogP contribution in [0, 0.1) is 6.92 Å². The number of pyridine rings is 1. The van der Waals surface area contributed by atoms with Gasteiger partial charge in [-0.2, -0.15) is 0 Å². The van der Waals surface area contributed by atoms with Gasteiger partial charge in [0.25, 0.3) is 0 Å². The quantitative estimate of drug-likeness (QED) is 0.287. The van der Waals surface area contributed by atoms with Crippen LogP contribution in [0.3, 0.4) is 0 Å². The van der Waals surface area contributed by atoms with Gasteiger partial charge in [-0.1, -0.05) is 6.07 Å². The molecule has 9 heteroatoms. The molecule has 0 bridgehead atoms. The van der Waals surface area contributed by atoms with E-state index in [0.29, 0.717) is 19.6 Å². The number of benzene rings is 1. The topological polar surface area (TPSA) is 88.2 Å². The van der Waals surface area contributed by atoms with E-state index in [1.54, 1.807) is 29.8 Å². The van der Waals surface area contributed by atoms with Gasteiger partial charge in [-0.15, -0.1) is 22.7 Å². The molecule has 0 unspecified atom stereocenters. The highest BCUT2D eigenvalue weighted by Crippen LogP contribution is 2.45. The Labute approximate surface area is 213 Å². The van der Waals surface area contributed by atoms with Crippen molar-refractivity contribution < 1.29 is 9.53 Å². The minimum atomic E-state index is 0.0131. The minimum Gasteiger partial charge on any atom is -0.383 e. The molecule has 0 saturated carbocycles. The highest BCUT2D eigenvalue weighted by molar-refractivity contribution is 7.23. The second kappa shape index (κ2) is 10.9. The molecule has 3 aromatic heterocycles. The Kier molecular flexibility index (Phi) is 7.50. The van der Waals surface area contributed by atoms with Crippen LogP contribution in [0.4, 0.5) is 5.00 Å². The first-order valence-corrected chi connectivity index (χ1v) is 13.4. The molecule has 0 radical (unpaired) electrons. The molecule has 7 nitrogen and oxygen atoms in total. The number of aromatic nitrogens is 2. The standard InChI is InChI=1S/C26H29N5O2S2/c1-16-13-18(5-10-29-16)17-3-4-21-20(14-17)30-25(34-21)24-19-6-8-28-15-22(19)35-26(24)31-23(32)7-9-27-11-12-33-2/h3-5,10,13-14,27-28H,6-9,11-12,15H2,1-2H3,(H,31,32). The Morgan fingerprint density at radius 3 is 2.91 bits per heavy atom. The van der Waals surface area contributed by atoms with Crippen LogP contribution < -0.4 is 16.0 Å². The van der Waals surface area contributed by atoms with Crippen molar-refractivity contribution in [3.63, 3.8) is 0 Å². The van der Waals surface area contributed by atoms with Gasteiger partial charge in [0, 0.05) is 55.5 Å². The lowest BCUT2D eigenvalue weighted by molar-refractivity contribution is -0.116. The average molecular weight is 508 g/mol. The van der Waals surface area contributed by atoms with E-state index in [4.69, 9.17) is 9.72 Å². The molecule has 0 saturated heterocycles. The Morgan fingerprint density at radius 2 is 2.06 bits per heavy atom. The molecule has 3 N–H and O–H groups in total. The van der Waals surface area contributed by atoms with Crippen molar-refractivity contribution in [2.24, 2.45) is 0 Å². The van der Waals surface area contributed by atoms with Crippen LogP contribution >= 0.6 is 22.7 Å². The summed E-state index contributed by atoms with van der Waals surface area (Å²) in [7, 11) is 1.67. The molecule has 1 amide bonds. The summed E-state index contributed by atoms with van der Waals surface area (Å²) in [5.74, 6) is 0.0131. The number of anilines is 1. The molecule has 1 aliphatic heterocycles. The molecule has 5 rings (SSSR count). The maximum absolute atomic E-state index is 12.7. The van der Waals surface area contributed by atoms with Gasteiger partial charge >= 0.3 is 0 Å². The van der Waals surface area contributed by atoms with E-state index in [1.807, 2.05) is 19.2 Å². The van der Waals surface area contributed by atoms with E-state index >= 15 is 0 Å². The predicted octanol–water partition coefficient (Wildman–Crippen LogP) is 4.61. The van der Waals surface area contributed by atoms with Gasteiger partial charge in [0.15, 0.2) is 0 Å². The Morgan fingerprint density at radius 1 is 1.17 bits per heavy atom. The monoisotopic (exact) mass is 507 g/mol. The largest absolute Gasteiger partial charge is 0.383 e. The van der Waals surface area contributed by atoms with E-state index in [1.165, 1.54) is 10.4 Å². The van der Waals surface area contributed by atoms with Gasteiger partial charge in [0.2, 0.25) is 5.91 Å². The van der Waals surface area contributed by atoms with E-state index < -0.39 is 0 Å². The van der Waals surface area contributed by atoms with Crippen molar-refractivity contribution in [2.45, 2.75) is 26.3 Å². The molecule has 1 aromatic carbocycles. The second-order valence-electron chi connectivity index (χ2n) is 8.56. The van der Waals surface area contributed by atoms with Crippen LogP contribution in [0.25, 0.3) is 31.9 Å². The summed E-state index contributed by atoms with van der Waals surface area (Å²) < 4.78 is 6.18. The maximum Gasteiger partial charge on any atom is 0.226 e. The zero-order valence-corrected chi connectivity index (χ0v) is 21.6. The SMILES string of the molecule is COCCNCCC(=O)Nc1sc2c(c1-c1nc3cc(-c4ccnc(C)c4)ccc3s1)CCNC2. The highest BCUT2D eigenvalue weighted by atomic mass is 32.1. The number of hydrogen-bond acceptors (Lipinski definition) is 8. The van der Waals surface area contributed by atoms with Crippen LogP contribution in [0.2, 0.25) is 0 Å². The lowest BCUT2D eigenvalue weighted by Gasteiger charge is -2.13. The third kappa shape index (κ3) is 5.44. The number of thiophene rings is 1. The molecule has 35 heavy (non-hydrogen) atoms. The Bertz CT molecular complexity index is 1350. The first-order valence-electron chi connectivity index (χ1n) is 11.8. The summed E-state index contributed by atoms with van der Waals surface area (Å²) in [6, 6.07) is 10.6. The fourth-order valence-corrected chi connectivity index (χ4v) is 6.60. The summed E-state index contributed by atoms with van der Waals surface area (Å²) in [4.78, 5) is 23.4. The van der Waals surface area contributed by atoms with Gasteiger partial charge in [-0.05, 0) is 60.8 Å². The van der Waals surface area contributed by atoms with Gasteiger partial charge in [-0.3, -0.25) is 9.78 Å². The Balaban J connectivity index is 1.43. The zero-order chi connectivity index (χ0) is 24.2. The number of carbonyl (C=O) groups excluding carboxylic acids is 1. The molecule has 0 aliphatic carbocycles. The second-order valence-corrected chi connectivity index (χ2v) is 10.7. The third-order valence-corrected chi connectivity index (χ3v) is 8.23. The van der Waals surface area contributed by atoms with Crippen LogP contribution in [0.5, 0.6) is 0 Å². The zero-order valence-electron chi connectivity index (χ0n) is 19.9. The van der Waals surface area contributed by atoms with Gasteiger partial charge in [0.1, 0.15) is 10.0 Å². The van der Waals surface area contributed by atoms with Crippen molar-refractivity contribution in [3.8, 4) is 21.7 Å². The lowest BCUT2D eigenvalue weighted by atomic mass is 10.0. The number of rotatable bonds is 9. The molecule has 1 aliphatic rings. The summed E-state index contributed by atoms with van der Waals surface area (Å²) >= 11 is 3.36. The molecule has 182 valence electrons. The van der Waals surface area contributed by atoms with Gasteiger partial charge in [-0.25, -0.2) is 4.98 Å². The first-order chi connectivity index (χ1) is 17.1. The number of hydrogen-bond donors (Lipinski definition) is 3. The molecule has 0 fully saturated rings. The predicted molar refractivity (Wildman–Crippen MR) is 144 cm³/mol. The number of thiazole rings is 1. The summed E-state index contributed by atoms with van der Waals surface area (Å²) in [6.07, 6.45) is 3.20. The number of carbonyl (C=O) groups is 1. The number of methoxy groups -OCH3 is 1. The van der Waals surface area contributed by atoms with E-state index in [2.05, 4.69) is 45.2 Å². The average Bonchev–Trinajstić information content (AvgIpc) is 3.43. The molecular formula is C26H29N5O2S2. The number of aryl methyl sites for hydroxylation is 1. The number of fused-ring (bicyclic) bond motifs is 2. The van der Waals surface area contributed by atoms with Crippen molar-refractivity contribution in [3.05, 3.63) is 52.7 Å². The van der Waals surface area contributed by atoms with Crippen LogP contribution in [0.1, 0.15) is 22.6 Å². The fourth-order valence-electron chi connectivity index (χ4n) is 4.28. The summed E-state index contributed by atoms with van der Waals surface area (Å²) in [5.41, 5.74) is 6.65. The molecule has 0 atom stereocenters. The minimum absolute atomic E-state index is 0.0131. The number of amides is 1. The molecular weight excluding hydrogens is 478 g/mol. The van der Waals surface area contributed by atoms with Crippen LogP contribution in [-0.4, -0.2) is 49.2 Å². The highest BCUT2D eigenvalue weighted by Gasteiger charge is 2.25. The number of nitrogens with one attached hydrogen (secondary N) is 3. The van der Waals surface area contributed by atoms with Gasteiger partial charge in [0.05, 0.1) is 16.8 Å². The lowest BCUT2D eigenvalue weighted by Crippen LogP contribution is -2.24. The molecule has 4 aromatic rings. The van der Waals surface area contributed by atoms with E-state index in [9.17, 15) is 4.79 Å². The number of nitrogens with zero attached hydrogens (tertiary/aromatic N) is 2. The van der Waals surface area contributed by atoms with Crippen molar-refractivity contribution in [2.75, 3.05) is 38.7 Å². The normalized spacial score (nSPS) is 13.2. The molecule has 0 spiro atoms. The fraction of sp³-hybridized carbons (Fsp3) is 0.346. The maximum atomic E-state index is 12.7. The Hall–Kier alpha value is -2.69. The number of ether oxygens (including phenoxy) is 1. The van der Waals surface area contributed by atoms with E-state index in [-0.39, 0.29) is 5.91 Å². The van der Waals surface area contributed by atoms with Crippen molar-refractivity contribution >= 4 is 43.8 Å². The third-order valence-electron chi connectivity index (χ3n) is 6.02. The van der Waals surface area contributed by atoms with Crippen LogP contribution in [-0.2, 0) is 22.5 Å². The molecule has 4 heterocycles. The van der Waals surface area contributed by atoms with E-state index in [0.717, 1.165) is 68.7 Å². The summed E-state index contributed by atoms with van der Waals surface area (Å²) in [6.45, 7) is 5.76. The van der Waals surface area contributed by atoms with Crippen molar-refractivity contribution in [1.82, 2.24) is 20.6 Å². The van der Waals surface area contributed by atoms with Crippen molar-refractivity contribution in [1.29, 1.82) is 0 Å². The van der Waals surface area contributed by atoms with Crippen LogP contribution in [0.15, 0.2) is 36.5 Å². The van der Waals surface area contributed by atoms with Gasteiger partial charge < -0.3 is 20.7 Å². The summed E-state index contributed by atoms with van der Waals surface area (Å²) in [5, 5.41) is 11.7.